The third-order valence-electron chi connectivity index (χ3n) is 1.43. The van der Waals surface area contributed by atoms with E-state index in [9.17, 15) is 0 Å². The lowest BCUT2D eigenvalue weighted by Crippen LogP contribution is -2.44. The van der Waals surface area contributed by atoms with Gasteiger partial charge >= 0.3 is 0 Å². The SMILES string of the molecule is CC(O)[C@H](O)[C@@H](O)[C@H](O)CO. The van der Waals surface area contributed by atoms with Crippen molar-refractivity contribution >= 4 is 0 Å². The lowest BCUT2D eigenvalue weighted by Gasteiger charge is -2.23. The quantitative estimate of drug-likeness (QED) is 0.316. The third kappa shape index (κ3) is 3.13. The molecule has 0 spiro atoms. The van der Waals surface area contributed by atoms with Crippen LogP contribution in [0.5, 0.6) is 0 Å². The first-order chi connectivity index (χ1) is 5.00. The minimum Gasteiger partial charge on any atom is -0.394 e. The average Bonchev–Trinajstić information content (AvgIpc) is 2.00. The van der Waals surface area contributed by atoms with Crippen LogP contribution < -0.4 is 0 Å². The second-order valence-corrected chi connectivity index (χ2v) is 2.47. The molecule has 5 N–H and O–H groups in total. The predicted octanol–water partition coefficient (Wildman–Crippen LogP) is -2.56. The molecule has 0 heterocycles. The van der Waals surface area contributed by atoms with E-state index in [2.05, 4.69) is 0 Å². The summed E-state index contributed by atoms with van der Waals surface area (Å²) in [7, 11) is 0. The molecule has 0 saturated carbocycles. The van der Waals surface area contributed by atoms with Crippen molar-refractivity contribution in [2.45, 2.75) is 31.3 Å². The molecule has 0 rings (SSSR count). The Morgan fingerprint density at radius 2 is 1.45 bits per heavy atom. The first-order valence-electron chi connectivity index (χ1n) is 3.33. The van der Waals surface area contributed by atoms with Gasteiger partial charge in [-0.25, -0.2) is 0 Å². The van der Waals surface area contributed by atoms with Crippen LogP contribution in [0, 0.1) is 0 Å². The van der Waals surface area contributed by atoms with Crippen molar-refractivity contribution in [3.05, 3.63) is 0 Å². The Bertz CT molecular complexity index is 105. The van der Waals surface area contributed by atoms with Crippen LogP contribution in [0.2, 0.25) is 0 Å². The summed E-state index contributed by atoms with van der Waals surface area (Å²) in [6.45, 7) is 0.628. The van der Waals surface area contributed by atoms with Gasteiger partial charge in [0.1, 0.15) is 18.3 Å². The van der Waals surface area contributed by atoms with Gasteiger partial charge in [-0.1, -0.05) is 0 Å². The predicted molar refractivity (Wildman–Crippen MR) is 36.8 cm³/mol. The third-order valence-corrected chi connectivity index (χ3v) is 1.43. The standard InChI is InChI=1S/C6H14O5/c1-3(8)5(10)6(11)4(9)2-7/h3-11H,2H2,1H3/t3?,4-,5+,6+/m1/s1. The second-order valence-electron chi connectivity index (χ2n) is 2.47. The Kier molecular flexibility index (Phi) is 4.55. The molecule has 0 aliphatic rings. The summed E-state index contributed by atoms with van der Waals surface area (Å²) >= 11 is 0. The van der Waals surface area contributed by atoms with Crippen molar-refractivity contribution in [1.82, 2.24) is 0 Å². The van der Waals surface area contributed by atoms with E-state index >= 15 is 0 Å². The molecule has 0 fully saturated rings. The highest BCUT2D eigenvalue weighted by Gasteiger charge is 2.27. The summed E-state index contributed by atoms with van der Waals surface area (Å²) in [5.41, 5.74) is 0. The molecule has 1 unspecified atom stereocenters. The molecule has 5 nitrogen and oxygen atoms in total. The van der Waals surface area contributed by atoms with Gasteiger partial charge < -0.3 is 25.5 Å². The molecule has 0 radical (unpaired) electrons. The van der Waals surface area contributed by atoms with E-state index in [0.29, 0.717) is 0 Å². The van der Waals surface area contributed by atoms with Crippen molar-refractivity contribution in [2.24, 2.45) is 0 Å². The molecule has 0 amide bonds. The van der Waals surface area contributed by atoms with E-state index in [1.807, 2.05) is 0 Å². The highest BCUT2D eigenvalue weighted by Crippen LogP contribution is 2.03. The number of rotatable bonds is 4. The van der Waals surface area contributed by atoms with E-state index < -0.39 is 31.0 Å². The zero-order chi connectivity index (χ0) is 9.02. The topological polar surface area (TPSA) is 101 Å². The van der Waals surface area contributed by atoms with Gasteiger partial charge in [0.05, 0.1) is 12.7 Å². The smallest absolute Gasteiger partial charge is 0.110 e. The summed E-state index contributed by atoms with van der Waals surface area (Å²) in [4.78, 5) is 0. The summed E-state index contributed by atoms with van der Waals surface area (Å²) in [6, 6.07) is 0. The molecule has 0 aromatic heterocycles. The Balaban J connectivity index is 3.90. The van der Waals surface area contributed by atoms with Crippen LogP contribution in [-0.4, -0.2) is 56.6 Å². The summed E-state index contributed by atoms with van der Waals surface area (Å²) in [5.74, 6) is 0. The Hall–Kier alpha value is -0.200. The van der Waals surface area contributed by atoms with Gasteiger partial charge in [-0.3, -0.25) is 0 Å². The van der Waals surface area contributed by atoms with E-state index in [1.54, 1.807) is 0 Å². The maximum Gasteiger partial charge on any atom is 0.110 e. The van der Waals surface area contributed by atoms with Gasteiger partial charge in [-0.05, 0) is 6.92 Å². The van der Waals surface area contributed by atoms with Crippen molar-refractivity contribution in [3.8, 4) is 0 Å². The van der Waals surface area contributed by atoms with Gasteiger partial charge in [0.15, 0.2) is 0 Å². The van der Waals surface area contributed by atoms with Crippen molar-refractivity contribution in [1.29, 1.82) is 0 Å². The summed E-state index contributed by atoms with van der Waals surface area (Å²) < 4.78 is 0. The lowest BCUT2D eigenvalue weighted by atomic mass is 10.1. The first-order valence-corrected chi connectivity index (χ1v) is 3.33. The molecule has 68 valence electrons. The molecule has 0 saturated heterocycles. The second kappa shape index (κ2) is 4.63. The number of aliphatic hydroxyl groups excluding tert-OH is 5. The van der Waals surface area contributed by atoms with Gasteiger partial charge in [-0.15, -0.1) is 0 Å². The van der Waals surface area contributed by atoms with Gasteiger partial charge in [0, 0.05) is 0 Å². The van der Waals surface area contributed by atoms with Crippen LogP contribution in [-0.2, 0) is 0 Å². The van der Waals surface area contributed by atoms with Crippen molar-refractivity contribution < 1.29 is 25.5 Å². The van der Waals surface area contributed by atoms with Crippen LogP contribution in [0.1, 0.15) is 6.92 Å². The van der Waals surface area contributed by atoms with Crippen LogP contribution in [0.4, 0.5) is 0 Å². The van der Waals surface area contributed by atoms with E-state index in [1.165, 1.54) is 6.92 Å². The first kappa shape index (κ1) is 10.8. The molecule has 0 aliphatic heterocycles. The van der Waals surface area contributed by atoms with Crippen LogP contribution >= 0.6 is 0 Å². The number of aliphatic hydroxyl groups is 5. The molecule has 11 heavy (non-hydrogen) atoms. The Morgan fingerprint density at radius 3 is 1.73 bits per heavy atom. The fraction of sp³-hybridized carbons (Fsp3) is 1.00. The molecule has 4 atom stereocenters. The number of hydrogen-bond acceptors (Lipinski definition) is 5. The molecule has 0 aromatic rings. The van der Waals surface area contributed by atoms with E-state index in [4.69, 9.17) is 25.5 Å². The van der Waals surface area contributed by atoms with Gasteiger partial charge in [0.2, 0.25) is 0 Å². The fourth-order valence-corrected chi connectivity index (χ4v) is 0.621. The largest absolute Gasteiger partial charge is 0.394 e. The summed E-state index contributed by atoms with van der Waals surface area (Å²) in [6.07, 6.45) is -5.50. The Morgan fingerprint density at radius 1 is 1.00 bits per heavy atom. The Labute approximate surface area is 64.5 Å². The lowest BCUT2D eigenvalue weighted by molar-refractivity contribution is -0.110. The number of hydrogen-bond donors (Lipinski definition) is 5. The van der Waals surface area contributed by atoms with Crippen molar-refractivity contribution in [2.75, 3.05) is 6.61 Å². The zero-order valence-electron chi connectivity index (χ0n) is 6.25. The normalized spacial score (nSPS) is 22.4. The molecule has 0 aromatic carbocycles. The zero-order valence-corrected chi connectivity index (χ0v) is 6.25. The monoisotopic (exact) mass is 166 g/mol. The molecule has 0 aliphatic carbocycles. The van der Waals surface area contributed by atoms with Crippen molar-refractivity contribution in [3.63, 3.8) is 0 Å². The average molecular weight is 166 g/mol. The van der Waals surface area contributed by atoms with Gasteiger partial charge in [0.25, 0.3) is 0 Å². The molecular weight excluding hydrogens is 152 g/mol. The van der Waals surface area contributed by atoms with Crippen LogP contribution in [0.15, 0.2) is 0 Å². The maximum absolute atomic E-state index is 8.94. The van der Waals surface area contributed by atoms with Crippen LogP contribution in [0.3, 0.4) is 0 Å². The van der Waals surface area contributed by atoms with E-state index in [-0.39, 0.29) is 0 Å². The molecular formula is C6H14O5. The summed E-state index contributed by atoms with van der Waals surface area (Å²) in [5, 5.41) is 43.7. The van der Waals surface area contributed by atoms with Crippen LogP contribution in [0.25, 0.3) is 0 Å². The minimum absolute atomic E-state index is 0.648. The van der Waals surface area contributed by atoms with Gasteiger partial charge in [-0.2, -0.15) is 0 Å². The highest BCUT2D eigenvalue weighted by molar-refractivity contribution is 4.77. The highest BCUT2D eigenvalue weighted by atomic mass is 16.4. The maximum atomic E-state index is 8.94. The molecule has 5 heteroatoms. The minimum atomic E-state index is -1.51. The molecule has 0 bridgehead atoms. The van der Waals surface area contributed by atoms with E-state index in [0.717, 1.165) is 0 Å². The fourth-order valence-electron chi connectivity index (χ4n) is 0.621.